The van der Waals surface area contributed by atoms with Gasteiger partial charge in [-0.15, -0.1) is 0 Å². The van der Waals surface area contributed by atoms with Crippen LogP contribution in [0.2, 0.25) is 0 Å². The molecule has 0 aliphatic heterocycles. The first-order valence-corrected chi connectivity index (χ1v) is 14.8. The molecular weight excluding hydrogens is 493 g/mol. The largest absolute Gasteiger partial charge is 0.352 e. The first kappa shape index (κ1) is 28.6. The molecule has 2 amide bonds. The number of nitrogens with one attached hydrogen (secondary N) is 1. The summed E-state index contributed by atoms with van der Waals surface area (Å²) in [4.78, 5) is 28.2. The highest BCUT2D eigenvalue weighted by molar-refractivity contribution is 7.92. The third-order valence-electron chi connectivity index (χ3n) is 6.83. The minimum Gasteiger partial charge on any atom is -0.352 e. The Morgan fingerprint density at radius 3 is 2.24 bits per heavy atom. The van der Waals surface area contributed by atoms with Gasteiger partial charge in [-0.1, -0.05) is 49.6 Å². The maximum atomic E-state index is 13.5. The van der Waals surface area contributed by atoms with Gasteiger partial charge < -0.3 is 10.2 Å². The molecule has 2 aromatic carbocycles. The van der Waals surface area contributed by atoms with E-state index >= 15 is 0 Å². The minimum absolute atomic E-state index is 0.0757. The molecule has 1 aliphatic carbocycles. The normalized spacial score (nSPS) is 14.8. The van der Waals surface area contributed by atoms with E-state index in [1.807, 2.05) is 26.0 Å². The highest BCUT2D eigenvalue weighted by Gasteiger charge is 2.30. The van der Waals surface area contributed by atoms with E-state index in [-0.39, 0.29) is 43.2 Å². The van der Waals surface area contributed by atoms with Crippen molar-refractivity contribution in [1.29, 1.82) is 0 Å². The van der Waals surface area contributed by atoms with Gasteiger partial charge in [0.05, 0.1) is 11.9 Å². The van der Waals surface area contributed by atoms with Crippen LogP contribution in [0.15, 0.2) is 48.5 Å². The molecule has 0 radical (unpaired) electrons. The number of hydrogen-bond acceptors (Lipinski definition) is 4. The van der Waals surface area contributed by atoms with Gasteiger partial charge in [-0.05, 0) is 62.4 Å². The maximum absolute atomic E-state index is 13.5. The van der Waals surface area contributed by atoms with Crippen LogP contribution in [0.25, 0.3) is 0 Å². The zero-order valence-corrected chi connectivity index (χ0v) is 22.8. The van der Waals surface area contributed by atoms with Gasteiger partial charge in [-0.3, -0.25) is 13.9 Å². The second-order valence-electron chi connectivity index (χ2n) is 9.84. The zero-order valence-electron chi connectivity index (χ0n) is 22.0. The van der Waals surface area contributed by atoms with Crippen molar-refractivity contribution in [3.63, 3.8) is 0 Å². The van der Waals surface area contributed by atoms with Crippen molar-refractivity contribution >= 4 is 27.5 Å². The molecule has 1 atom stereocenters. The number of amides is 2. The topological polar surface area (TPSA) is 86.8 Å². The van der Waals surface area contributed by atoms with Crippen LogP contribution < -0.4 is 9.62 Å². The Kier molecular flexibility index (Phi) is 10.1. The number of hydrogen-bond donors (Lipinski definition) is 1. The van der Waals surface area contributed by atoms with Crippen LogP contribution in [-0.2, 0) is 26.2 Å². The van der Waals surface area contributed by atoms with Gasteiger partial charge in [0.15, 0.2) is 0 Å². The van der Waals surface area contributed by atoms with Crippen molar-refractivity contribution in [1.82, 2.24) is 10.2 Å². The number of aryl methyl sites for hydroxylation is 1. The van der Waals surface area contributed by atoms with Crippen LogP contribution in [0, 0.1) is 12.7 Å². The van der Waals surface area contributed by atoms with E-state index in [2.05, 4.69) is 5.32 Å². The molecule has 0 bridgehead atoms. The fourth-order valence-corrected chi connectivity index (χ4v) is 5.75. The lowest BCUT2D eigenvalue weighted by molar-refractivity contribution is -0.141. The molecular formula is C28H38FN3O4S. The fraction of sp³-hybridized carbons (Fsp3) is 0.500. The number of benzene rings is 2. The summed E-state index contributed by atoms with van der Waals surface area (Å²) >= 11 is 0. The molecule has 0 saturated heterocycles. The molecule has 7 nitrogen and oxygen atoms in total. The lowest BCUT2D eigenvalue weighted by Gasteiger charge is -2.32. The summed E-state index contributed by atoms with van der Waals surface area (Å²) in [5.41, 5.74) is 2.29. The summed E-state index contributed by atoms with van der Waals surface area (Å²) in [6.07, 6.45) is 5.99. The predicted octanol–water partition coefficient (Wildman–Crippen LogP) is 4.55. The molecule has 202 valence electrons. The van der Waals surface area contributed by atoms with E-state index in [4.69, 9.17) is 0 Å². The third-order valence-corrected chi connectivity index (χ3v) is 8.02. The fourth-order valence-electron chi connectivity index (χ4n) is 4.79. The Morgan fingerprint density at radius 1 is 1.05 bits per heavy atom. The van der Waals surface area contributed by atoms with Gasteiger partial charge in [0, 0.05) is 25.6 Å². The lowest BCUT2D eigenvalue weighted by atomic mass is 10.1. The summed E-state index contributed by atoms with van der Waals surface area (Å²) < 4.78 is 39.7. The smallest absolute Gasteiger partial charge is 0.243 e. The Labute approximate surface area is 220 Å². The standard InChI is InChI=1S/C28H38FN3O4S/c1-4-26(28(34)30-24-8-5-6-9-24)31(20-22-13-15-23(29)16-14-22)27(33)10-7-19-32(37(3,35)36)25-17-11-21(2)12-18-25/h11-18,24,26H,4-10,19-20H2,1-3H3,(H,30,34). The van der Waals surface area contributed by atoms with Crippen LogP contribution in [0.4, 0.5) is 10.1 Å². The molecule has 2 aromatic rings. The zero-order chi connectivity index (χ0) is 27.0. The van der Waals surface area contributed by atoms with Gasteiger partial charge in [0.2, 0.25) is 21.8 Å². The number of nitrogens with zero attached hydrogens (tertiary/aromatic N) is 2. The van der Waals surface area contributed by atoms with Crippen LogP contribution in [-0.4, -0.2) is 50.0 Å². The molecule has 0 heterocycles. The average molecular weight is 532 g/mol. The molecule has 1 aliphatic rings. The van der Waals surface area contributed by atoms with E-state index in [1.54, 1.807) is 29.2 Å². The highest BCUT2D eigenvalue weighted by Crippen LogP contribution is 2.22. The van der Waals surface area contributed by atoms with Crippen LogP contribution >= 0.6 is 0 Å². The SMILES string of the molecule is CCC(C(=O)NC1CCCC1)N(Cc1ccc(F)cc1)C(=O)CCCN(c1ccc(C)cc1)S(C)(=O)=O. The van der Waals surface area contributed by atoms with E-state index < -0.39 is 16.1 Å². The highest BCUT2D eigenvalue weighted by atomic mass is 32.2. The second-order valence-corrected chi connectivity index (χ2v) is 11.7. The number of anilines is 1. The number of carbonyl (C=O) groups excluding carboxylic acids is 2. The number of carbonyl (C=O) groups is 2. The summed E-state index contributed by atoms with van der Waals surface area (Å²) in [5, 5.41) is 3.10. The monoisotopic (exact) mass is 531 g/mol. The van der Waals surface area contributed by atoms with Gasteiger partial charge in [0.1, 0.15) is 11.9 Å². The van der Waals surface area contributed by atoms with E-state index in [0.717, 1.165) is 43.1 Å². The van der Waals surface area contributed by atoms with E-state index in [1.165, 1.54) is 16.4 Å². The Morgan fingerprint density at radius 2 is 1.68 bits per heavy atom. The Hall–Kier alpha value is -2.94. The van der Waals surface area contributed by atoms with Crippen molar-refractivity contribution in [3.8, 4) is 0 Å². The first-order valence-electron chi connectivity index (χ1n) is 13.0. The molecule has 1 saturated carbocycles. The molecule has 9 heteroatoms. The molecule has 1 unspecified atom stereocenters. The van der Waals surface area contributed by atoms with Crippen molar-refractivity contribution in [2.24, 2.45) is 0 Å². The van der Waals surface area contributed by atoms with Gasteiger partial charge in [-0.25, -0.2) is 12.8 Å². The average Bonchev–Trinajstić information content (AvgIpc) is 3.36. The van der Waals surface area contributed by atoms with Crippen molar-refractivity contribution in [2.75, 3.05) is 17.1 Å². The second kappa shape index (κ2) is 13.0. The molecule has 1 N–H and O–H groups in total. The maximum Gasteiger partial charge on any atom is 0.243 e. The summed E-state index contributed by atoms with van der Waals surface area (Å²) in [7, 11) is -3.54. The molecule has 37 heavy (non-hydrogen) atoms. The molecule has 1 fully saturated rings. The van der Waals surface area contributed by atoms with Crippen LogP contribution in [0.5, 0.6) is 0 Å². The molecule has 0 spiro atoms. The van der Waals surface area contributed by atoms with Crippen molar-refractivity contribution < 1.29 is 22.4 Å². The van der Waals surface area contributed by atoms with Crippen molar-refractivity contribution in [3.05, 3.63) is 65.5 Å². The first-order chi connectivity index (χ1) is 17.6. The number of sulfonamides is 1. The van der Waals surface area contributed by atoms with Gasteiger partial charge in [0.25, 0.3) is 0 Å². The summed E-state index contributed by atoms with van der Waals surface area (Å²) in [5.74, 6) is -0.790. The summed E-state index contributed by atoms with van der Waals surface area (Å²) in [6, 6.07) is 12.5. The lowest BCUT2D eigenvalue weighted by Crippen LogP contribution is -2.51. The van der Waals surface area contributed by atoms with Crippen LogP contribution in [0.1, 0.15) is 63.0 Å². The number of rotatable bonds is 12. The minimum atomic E-state index is -3.54. The summed E-state index contributed by atoms with van der Waals surface area (Å²) in [6.45, 7) is 4.11. The van der Waals surface area contributed by atoms with Gasteiger partial charge >= 0.3 is 0 Å². The van der Waals surface area contributed by atoms with Crippen LogP contribution in [0.3, 0.4) is 0 Å². The molecule has 3 rings (SSSR count). The molecule has 0 aromatic heterocycles. The Bertz CT molecular complexity index is 1150. The van der Waals surface area contributed by atoms with E-state index in [9.17, 15) is 22.4 Å². The Balaban J connectivity index is 1.74. The van der Waals surface area contributed by atoms with E-state index in [0.29, 0.717) is 18.5 Å². The third kappa shape index (κ3) is 8.28. The van der Waals surface area contributed by atoms with Gasteiger partial charge in [-0.2, -0.15) is 0 Å². The number of halogens is 1. The predicted molar refractivity (Wildman–Crippen MR) is 144 cm³/mol. The quantitative estimate of drug-likeness (QED) is 0.436. The van der Waals surface area contributed by atoms with Crippen molar-refractivity contribution in [2.45, 2.75) is 77.4 Å².